The molecule has 0 spiro atoms. The summed E-state index contributed by atoms with van der Waals surface area (Å²) in [7, 11) is -3.67. The molecule has 1 rings (SSSR count). The summed E-state index contributed by atoms with van der Waals surface area (Å²) in [6.45, 7) is 6.22. The minimum atomic E-state index is -3.67. The second-order valence-corrected chi connectivity index (χ2v) is 4.66. The Morgan fingerprint density at radius 3 is 1.92 bits per heavy atom. The molecule has 0 aromatic rings. The van der Waals surface area contributed by atoms with Crippen LogP contribution in [0, 0.1) is 0 Å². The van der Waals surface area contributed by atoms with E-state index in [9.17, 15) is 8.42 Å². The van der Waals surface area contributed by atoms with Gasteiger partial charge >= 0.3 is 0 Å². The fraction of sp³-hybridized carbons (Fsp3) is 1.00. The molecule has 13 heavy (non-hydrogen) atoms. The van der Waals surface area contributed by atoms with E-state index in [1.54, 1.807) is 0 Å². The van der Waals surface area contributed by atoms with Gasteiger partial charge in [0.2, 0.25) is 0 Å². The summed E-state index contributed by atoms with van der Waals surface area (Å²) in [5, 5.41) is 3.14. The summed E-state index contributed by atoms with van der Waals surface area (Å²) in [6.07, 6.45) is 1.60. The van der Waals surface area contributed by atoms with E-state index in [-0.39, 0.29) is 0 Å². The van der Waals surface area contributed by atoms with Crippen LogP contribution in [-0.4, -0.2) is 44.5 Å². The zero-order chi connectivity index (χ0) is 10.5. The van der Waals surface area contributed by atoms with E-state index in [0.717, 1.165) is 13.1 Å². The Labute approximate surface area is 79.2 Å². The van der Waals surface area contributed by atoms with Crippen molar-refractivity contribution in [2.24, 2.45) is 0 Å². The fourth-order valence-electron chi connectivity index (χ4n) is 0.743. The van der Waals surface area contributed by atoms with Crippen molar-refractivity contribution in [2.75, 3.05) is 19.3 Å². The lowest BCUT2D eigenvalue weighted by molar-refractivity contribution is -0.0200. The highest BCUT2D eigenvalue weighted by Gasteiger charge is 2.17. The third kappa shape index (κ3) is 11.8. The molecule has 0 radical (unpaired) electrons. The number of ether oxygens (including phenoxy) is 1. The first-order valence-corrected chi connectivity index (χ1v) is 5.92. The van der Waals surface area contributed by atoms with E-state index in [1.807, 2.05) is 0 Å². The van der Waals surface area contributed by atoms with Crippen LogP contribution in [0.4, 0.5) is 0 Å². The molecule has 1 aliphatic heterocycles. The van der Waals surface area contributed by atoms with Gasteiger partial charge < -0.3 is 10.1 Å². The van der Waals surface area contributed by atoms with Crippen LogP contribution < -0.4 is 5.32 Å². The lowest BCUT2D eigenvalue weighted by Crippen LogP contribution is -2.49. The smallest absolute Gasteiger partial charge is 0.261 e. The Balaban J connectivity index is 0.000000252. The standard InChI is InChI=1S/C6H13NO.CH4O3S/c1-5(2)8-6-3-7-4-6;1-5(2,3)4/h5-7H,3-4H2,1-2H3;1H3,(H,2,3,4). The third-order valence-electron chi connectivity index (χ3n) is 1.21. The van der Waals surface area contributed by atoms with Crippen molar-refractivity contribution in [2.45, 2.75) is 26.1 Å². The van der Waals surface area contributed by atoms with Crippen molar-refractivity contribution >= 4 is 10.1 Å². The van der Waals surface area contributed by atoms with E-state index < -0.39 is 10.1 Å². The number of hydrogen-bond donors (Lipinski definition) is 2. The molecule has 2 N–H and O–H groups in total. The molecule has 0 atom stereocenters. The summed E-state index contributed by atoms with van der Waals surface area (Å²) in [5.41, 5.74) is 0. The fourth-order valence-corrected chi connectivity index (χ4v) is 0.743. The molecular weight excluding hydrogens is 194 g/mol. The van der Waals surface area contributed by atoms with Crippen molar-refractivity contribution in [1.82, 2.24) is 5.32 Å². The van der Waals surface area contributed by atoms with Gasteiger partial charge in [0.1, 0.15) is 0 Å². The average molecular weight is 211 g/mol. The Hall–Kier alpha value is -0.170. The zero-order valence-electron chi connectivity index (χ0n) is 8.15. The number of hydrogen-bond acceptors (Lipinski definition) is 4. The van der Waals surface area contributed by atoms with E-state index in [1.165, 1.54) is 0 Å². The van der Waals surface area contributed by atoms with Gasteiger partial charge in [-0.25, -0.2) is 0 Å². The largest absolute Gasteiger partial charge is 0.373 e. The maximum Gasteiger partial charge on any atom is 0.261 e. The van der Waals surface area contributed by atoms with Crippen LogP contribution >= 0.6 is 0 Å². The second kappa shape index (κ2) is 5.54. The molecule has 1 fully saturated rings. The maximum atomic E-state index is 9.19. The van der Waals surface area contributed by atoms with Crippen LogP contribution in [0.2, 0.25) is 0 Å². The molecular formula is C7H17NO4S. The highest BCUT2D eigenvalue weighted by Crippen LogP contribution is 2.01. The molecule has 0 bridgehead atoms. The second-order valence-electron chi connectivity index (χ2n) is 3.20. The van der Waals surface area contributed by atoms with Gasteiger partial charge in [-0.2, -0.15) is 8.42 Å². The number of nitrogens with one attached hydrogen (secondary N) is 1. The molecule has 1 heterocycles. The summed E-state index contributed by atoms with van der Waals surface area (Å²) >= 11 is 0. The van der Waals surface area contributed by atoms with Gasteiger partial charge in [0, 0.05) is 13.1 Å². The van der Waals surface area contributed by atoms with Crippen molar-refractivity contribution in [3.05, 3.63) is 0 Å². The van der Waals surface area contributed by atoms with Gasteiger partial charge in [-0.15, -0.1) is 0 Å². The molecule has 1 saturated heterocycles. The molecule has 0 aromatic heterocycles. The molecule has 0 amide bonds. The predicted octanol–water partition coefficient (Wildman–Crippen LogP) is -0.113. The van der Waals surface area contributed by atoms with Crippen LogP contribution in [0.1, 0.15) is 13.8 Å². The van der Waals surface area contributed by atoms with Crippen LogP contribution in [0.3, 0.4) is 0 Å². The van der Waals surface area contributed by atoms with Gasteiger partial charge in [-0.05, 0) is 13.8 Å². The molecule has 5 nitrogen and oxygen atoms in total. The van der Waals surface area contributed by atoms with Crippen LogP contribution in [0.5, 0.6) is 0 Å². The summed E-state index contributed by atoms with van der Waals surface area (Å²) in [6, 6.07) is 0. The summed E-state index contributed by atoms with van der Waals surface area (Å²) in [4.78, 5) is 0. The van der Waals surface area contributed by atoms with Gasteiger partial charge in [0.15, 0.2) is 0 Å². The first-order valence-electron chi connectivity index (χ1n) is 4.07. The van der Waals surface area contributed by atoms with E-state index in [0.29, 0.717) is 18.5 Å². The molecule has 0 saturated carbocycles. The minimum absolute atomic E-state index is 0.391. The maximum absolute atomic E-state index is 9.19. The molecule has 0 unspecified atom stereocenters. The monoisotopic (exact) mass is 211 g/mol. The lowest BCUT2D eigenvalue weighted by atomic mass is 10.2. The van der Waals surface area contributed by atoms with Crippen LogP contribution in [0.25, 0.3) is 0 Å². The Morgan fingerprint density at radius 2 is 1.85 bits per heavy atom. The molecule has 1 aliphatic rings. The topological polar surface area (TPSA) is 75.6 Å². The van der Waals surface area contributed by atoms with Crippen molar-refractivity contribution in [3.8, 4) is 0 Å². The Bertz CT molecular complexity index is 213. The van der Waals surface area contributed by atoms with Gasteiger partial charge in [-0.1, -0.05) is 0 Å². The normalized spacial score (nSPS) is 17.6. The third-order valence-corrected chi connectivity index (χ3v) is 1.21. The van der Waals surface area contributed by atoms with Gasteiger partial charge in [-0.3, -0.25) is 4.55 Å². The molecule has 80 valence electrons. The minimum Gasteiger partial charge on any atom is -0.373 e. The van der Waals surface area contributed by atoms with Crippen LogP contribution in [-0.2, 0) is 14.9 Å². The molecule has 6 heteroatoms. The van der Waals surface area contributed by atoms with Crippen molar-refractivity contribution in [1.29, 1.82) is 0 Å². The summed E-state index contributed by atoms with van der Waals surface area (Å²) < 4.78 is 31.3. The van der Waals surface area contributed by atoms with E-state index in [4.69, 9.17) is 9.29 Å². The van der Waals surface area contributed by atoms with E-state index >= 15 is 0 Å². The first-order chi connectivity index (χ1) is 5.79. The Kier molecular flexibility index (Phi) is 5.46. The lowest BCUT2D eigenvalue weighted by Gasteiger charge is -2.28. The van der Waals surface area contributed by atoms with Gasteiger partial charge in [0.25, 0.3) is 10.1 Å². The van der Waals surface area contributed by atoms with Crippen LogP contribution in [0.15, 0.2) is 0 Å². The van der Waals surface area contributed by atoms with E-state index in [2.05, 4.69) is 19.2 Å². The average Bonchev–Trinajstić information content (AvgIpc) is 1.74. The molecule has 0 aliphatic carbocycles. The highest BCUT2D eigenvalue weighted by molar-refractivity contribution is 7.85. The quantitative estimate of drug-likeness (QED) is 0.623. The Morgan fingerprint density at radius 1 is 1.46 bits per heavy atom. The zero-order valence-corrected chi connectivity index (χ0v) is 8.97. The van der Waals surface area contributed by atoms with Gasteiger partial charge in [0.05, 0.1) is 18.5 Å². The summed E-state index contributed by atoms with van der Waals surface area (Å²) in [5.74, 6) is 0. The van der Waals surface area contributed by atoms with Crippen molar-refractivity contribution in [3.63, 3.8) is 0 Å². The SMILES string of the molecule is CC(C)OC1CNC1.CS(=O)(=O)O. The molecule has 0 aromatic carbocycles. The predicted molar refractivity (Wildman–Crippen MR) is 50.4 cm³/mol. The first kappa shape index (κ1) is 12.8. The highest BCUT2D eigenvalue weighted by atomic mass is 32.2. The van der Waals surface area contributed by atoms with Crippen molar-refractivity contribution < 1.29 is 17.7 Å². The number of rotatable bonds is 2.